The molecule has 0 aliphatic carbocycles. The highest BCUT2D eigenvalue weighted by Gasteiger charge is 2.31. The maximum absolute atomic E-state index is 12.6. The highest BCUT2D eigenvalue weighted by atomic mass is 32.2. The molecule has 1 heterocycles. The molecule has 1 aromatic rings. The number of ketones is 1. The van der Waals surface area contributed by atoms with Crippen molar-refractivity contribution in [2.45, 2.75) is 19.8 Å². The predicted molar refractivity (Wildman–Crippen MR) is 107 cm³/mol. The van der Waals surface area contributed by atoms with Crippen molar-refractivity contribution < 1.29 is 18.0 Å². The van der Waals surface area contributed by atoms with E-state index in [2.05, 4.69) is 5.32 Å². The molecule has 0 saturated heterocycles. The van der Waals surface area contributed by atoms with Crippen LogP contribution in [-0.2, 0) is 19.4 Å². The number of benzene rings is 1. The Balaban J connectivity index is 2.02. The summed E-state index contributed by atoms with van der Waals surface area (Å²) in [5, 5.41) is 12.0. The average Bonchev–Trinajstić information content (AvgIpc) is 2.92. The number of carbonyl (C=O) groups is 2. The van der Waals surface area contributed by atoms with Crippen LogP contribution in [0.25, 0.3) is 0 Å². The van der Waals surface area contributed by atoms with Crippen molar-refractivity contribution in [1.29, 1.82) is 5.26 Å². The van der Waals surface area contributed by atoms with Crippen molar-refractivity contribution in [3.63, 3.8) is 0 Å². The minimum atomic E-state index is -3.16. The van der Waals surface area contributed by atoms with E-state index in [1.165, 1.54) is 0 Å². The fraction of sp³-hybridized carbons (Fsp3) is 0.421. The first kappa shape index (κ1) is 21.4. The smallest absolute Gasteiger partial charge is 0.220 e. The SMILES string of the molecule is CCS(=O)(=O)CCNC(=O)CCC(=O)C(C#N)=C1N(C)c2ccccc2N1C. The Morgan fingerprint density at radius 3 is 2.18 bits per heavy atom. The van der Waals surface area contributed by atoms with Gasteiger partial charge >= 0.3 is 0 Å². The predicted octanol–water partition coefficient (Wildman–Crippen LogP) is 1.21. The number of nitrogens with one attached hydrogen (secondary N) is 1. The first-order chi connectivity index (χ1) is 13.2. The van der Waals surface area contributed by atoms with Crippen molar-refractivity contribution in [1.82, 2.24) is 5.32 Å². The summed E-state index contributed by atoms with van der Waals surface area (Å²) in [4.78, 5) is 28.0. The maximum Gasteiger partial charge on any atom is 0.220 e. The number of sulfone groups is 1. The van der Waals surface area contributed by atoms with Crippen molar-refractivity contribution in [3.05, 3.63) is 35.7 Å². The van der Waals surface area contributed by atoms with E-state index in [4.69, 9.17) is 0 Å². The lowest BCUT2D eigenvalue weighted by atomic mass is 10.1. The molecule has 1 aromatic carbocycles. The van der Waals surface area contributed by atoms with Gasteiger partial charge in [0, 0.05) is 39.2 Å². The monoisotopic (exact) mass is 404 g/mol. The second-order valence-corrected chi connectivity index (χ2v) is 8.90. The Morgan fingerprint density at radius 1 is 1.11 bits per heavy atom. The van der Waals surface area contributed by atoms with Gasteiger partial charge in [0.05, 0.1) is 17.1 Å². The number of amides is 1. The molecule has 1 aliphatic heterocycles. The number of carbonyl (C=O) groups excluding carboxylic acids is 2. The molecule has 0 atom stereocenters. The summed E-state index contributed by atoms with van der Waals surface area (Å²) in [7, 11) is 0.405. The standard InChI is InChI=1S/C19H24N4O4S/c1-4-28(26,27)12-11-21-18(25)10-9-17(24)14(13-20)19-22(2)15-7-5-6-8-16(15)23(19)3/h5-8H,4,9-12H2,1-3H3,(H,21,25). The Morgan fingerprint density at radius 2 is 1.68 bits per heavy atom. The lowest BCUT2D eigenvalue weighted by Crippen LogP contribution is -2.30. The zero-order valence-corrected chi connectivity index (χ0v) is 17.0. The summed E-state index contributed by atoms with van der Waals surface area (Å²) in [5.41, 5.74) is 1.76. The maximum atomic E-state index is 12.6. The van der Waals surface area contributed by atoms with Gasteiger partial charge in [0.15, 0.2) is 15.6 Å². The zero-order valence-electron chi connectivity index (χ0n) is 16.2. The van der Waals surface area contributed by atoms with Gasteiger partial charge < -0.3 is 15.1 Å². The number of fused-ring (bicyclic) bond motifs is 1. The van der Waals surface area contributed by atoms with Crippen LogP contribution in [0.3, 0.4) is 0 Å². The Bertz CT molecular complexity index is 916. The van der Waals surface area contributed by atoms with Crippen molar-refractivity contribution >= 4 is 32.9 Å². The highest BCUT2D eigenvalue weighted by molar-refractivity contribution is 7.91. The van der Waals surface area contributed by atoms with Crippen molar-refractivity contribution in [3.8, 4) is 6.07 Å². The largest absolute Gasteiger partial charge is 0.355 e. The summed E-state index contributed by atoms with van der Waals surface area (Å²) < 4.78 is 22.8. The quantitative estimate of drug-likeness (QED) is 0.512. The van der Waals surface area contributed by atoms with Crippen LogP contribution in [-0.4, -0.2) is 52.3 Å². The number of anilines is 2. The van der Waals surface area contributed by atoms with Crippen LogP contribution in [0.15, 0.2) is 35.7 Å². The lowest BCUT2D eigenvalue weighted by Gasteiger charge is -2.19. The average molecular weight is 404 g/mol. The summed E-state index contributed by atoms with van der Waals surface area (Å²) >= 11 is 0. The van der Waals surface area contributed by atoms with Crippen molar-refractivity contribution in [2.75, 3.05) is 41.9 Å². The van der Waals surface area contributed by atoms with Gasteiger partial charge in [-0.2, -0.15) is 5.26 Å². The van der Waals surface area contributed by atoms with Crippen LogP contribution in [0.4, 0.5) is 11.4 Å². The van der Waals surface area contributed by atoms with Crippen LogP contribution in [0.2, 0.25) is 0 Å². The Labute approximate surface area is 165 Å². The number of nitrogens with zero attached hydrogens (tertiary/aromatic N) is 3. The summed E-state index contributed by atoms with van der Waals surface area (Å²) in [5.74, 6) is -0.490. The van der Waals surface area contributed by atoms with Crippen LogP contribution in [0.1, 0.15) is 19.8 Å². The molecule has 0 unspecified atom stereocenters. The molecule has 150 valence electrons. The van der Waals surface area contributed by atoms with E-state index < -0.39 is 21.5 Å². The highest BCUT2D eigenvalue weighted by Crippen LogP contribution is 2.40. The van der Waals surface area contributed by atoms with Gasteiger partial charge in [-0.3, -0.25) is 9.59 Å². The van der Waals surface area contributed by atoms with E-state index in [1.54, 1.807) is 30.8 Å². The van der Waals surface area contributed by atoms with Gasteiger partial charge in [-0.05, 0) is 12.1 Å². The third kappa shape index (κ3) is 4.70. The molecule has 0 fully saturated rings. The lowest BCUT2D eigenvalue weighted by molar-refractivity contribution is -0.123. The second-order valence-electron chi connectivity index (χ2n) is 6.43. The fourth-order valence-corrected chi connectivity index (χ4v) is 3.69. The third-order valence-corrected chi connectivity index (χ3v) is 6.31. The minimum absolute atomic E-state index is 0.0101. The molecular formula is C19H24N4O4S. The summed E-state index contributed by atoms with van der Waals surface area (Å²) in [6.07, 6.45) is -0.235. The van der Waals surface area contributed by atoms with E-state index in [1.807, 2.05) is 30.3 Å². The summed E-state index contributed by atoms with van der Waals surface area (Å²) in [6, 6.07) is 9.52. The van der Waals surface area contributed by atoms with Gasteiger partial charge in [0.2, 0.25) is 5.91 Å². The van der Waals surface area contributed by atoms with Crippen LogP contribution >= 0.6 is 0 Å². The number of allylic oxidation sites excluding steroid dienone is 1. The number of nitriles is 1. The van der Waals surface area contributed by atoms with E-state index in [0.717, 1.165) is 11.4 Å². The molecule has 2 rings (SSSR count). The van der Waals surface area contributed by atoms with E-state index in [9.17, 15) is 23.3 Å². The number of para-hydroxylation sites is 2. The minimum Gasteiger partial charge on any atom is -0.355 e. The summed E-state index contributed by atoms with van der Waals surface area (Å²) in [6.45, 7) is 1.55. The molecule has 0 saturated carbocycles. The third-order valence-electron chi connectivity index (χ3n) is 4.61. The molecule has 1 N–H and O–H groups in total. The van der Waals surface area contributed by atoms with E-state index >= 15 is 0 Å². The molecule has 1 aliphatic rings. The molecule has 9 heteroatoms. The van der Waals surface area contributed by atoms with Gasteiger partial charge in [-0.15, -0.1) is 0 Å². The molecule has 0 spiro atoms. The van der Waals surface area contributed by atoms with Gasteiger partial charge in [-0.25, -0.2) is 8.42 Å². The first-order valence-corrected chi connectivity index (χ1v) is 10.7. The van der Waals surface area contributed by atoms with Crippen molar-refractivity contribution in [2.24, 2.45) is 0 Å². The topological polar surface area (TPSA) is 111 Å². The number of hydrogen-bond donors (Lipinski definition) is 1. The first-order valence-electron chi connectivity index (χ1n) is 8.93. The Kier molecular flexibility index (Phi) is 6.80. The zero-order chi connectivity index (χ0) is 20.9. The fourth-order valence-electron chi connectivity index (χ4n) is 2.99. The molecule has 0 bridgehead atoms. The molecule has 1 amide bonds. The van der Waals surface area contributed by atoms with E-state index in [-0.39, 0.29) is 36.5 Å². The van der Waals surface area contributed by atoms with Gasteiger partial charge in [-0.1, -0.05) is 19.1 Å². The van der Waals surface area contributed by atoms with Gasteiger partial charge in [0.1, 0.15) is 17.5 Å². The second kappa shape index (κ2) is 8.89. The normalized spacial score (nSPS) is 13.1. The molecular weight excluding hydrogens is 380 g/mol. The number of hydrogen-bond acceptors (Lipinski definition) is 7. The molecule has 28 heavy (non-hydrogen) atoms. The van der Waals surface area contributed by atoms with Gasteiger partial charge in [0.25, 0.3) is 0 Å². The van der Waals surface area contributed by atoms with E-state index in [0.29, 0.717) is 5.82 Å². The number of Topliss-reactive ketones (excluding diaryl/α,β-unsaturated/α-hetero) is 1. The van der Waals surface area contributed by atoms with Crippen LogP contribution in [0.5, 0.6) is 0 Å². The molecule has 8 nitrogen and oxygen atoms in total. The molecule has 0 radical (unpaired) electrons. The number of rotatable bonds is 8. The van der Waals surface area contributed by atoms with Crippen LogP contribution < -0.4 is 15.1 Å². The van der Waals surface area contributed by atoms with Crippen LogP contribution in [0, 0.1) is 11.3 Å². The molecule has 0 aromatic heterocycles. The Hall–Kier alpha value is -2.86.